The maximum atomic E-state index is 13.3. The molecule has 2 heterocycles. The summed E-state index contributed by atoms with van der Waals surface area (Å²) in [5.41, 5.74) is 2.59. The molecule has 2 aliphatic rings. The number of piperidine rings is 1. The van der Waals surface area contributed by atoms with Crippen LogP contribution in [0.3, 0.4) is 0 Å². The average molecular weight is 399 g/mol. The molecule has 2 fully saturated rings. The number of carbonyl (C=O) groups excluding carboxylic acids is 2. The van der Waals surface area contributed by atoms with Gasteiger partial charge in [0.25, 0.3) is 0 Å². The number of nitrogens with zero attached hydrogens (tertiary/aromatic N) is 2. The van der Waals surface area contributed by atoms with Crippen molar-refractivity contribution in [2.24, 2.45) is 0 Å². The number of amides is 3. The van der Waals surface area contributed by atoms with Crippen LogP contribution in [0.15, 0.2) is 48.5 Å². The van der Waals surface area contributed by atoms with E-state index in [-0.39, 0.29) is 22.6 Å². The number of anilines is 2. The van der Waals surface area contributed by atoms with Gasteiger partial charge >= 0.3 is 6.03 Å². The summed E-state index contributed by atoms with van der Waals surface area (Å²) in [6.45, 7) is 3.11. The third-order valence-electron chi connectivity index (χ3n) is 5.31. The first-order valence-electron chi connectivity index (χ1n) is 9.32. The summed E-state index contributed by atoms with van der Waals surface area (Å²) in [6.07, 6.45) is 1.37. The molecule has 0 aliphatic carbocycles. The number of urea groups is 1. The Bertz CT molecular complexity index is 895. The van der Waals surface area contributed by atoms with Gasteiger partial charge in [-0.1, -0.05) is 12.1 Å². The molecule has 2 saturated heterocycles. The molecule has 0 radical (unpaired) electrons. The van der Waals surface area contributed by atoms with Crippen molar-refractivity contribution in [1.82, 2.24) is 4.90 Å². The van der Waals surface area contributed by atoms with Crippen molar-refractivity contribution in [1.29, 1.82) is 0 Å². The number of likely N-dealkylation sites (tertiary alicyclic amines) is 1. The molecule has 1 N–H and O–H groups in total. The summed E-state index contributed by atoms with van der Waals surface area (Å²) in [5, 5.41) is 2.95. The molecule has 2 aromatic rings. The van der Waals surface area contributed by atoms with Gasteiger partial charge in [-0.2, -0.15) is 0 Å². The van der Waals surface area contributed by atoms with Crippen LogP contribution >= 0.6 is 11.8 Å². The van der Waals surface area contributed by atoms with Crippen molar-refractivity contribution in [3.05, 3.63) is 59.9 Å². The number of hydrogen-bond acceptors (Lipinski definition) is 3. The van der Waals surface area contributed by atoms with Crippen molar-refractivity contribution in [2.45, 2.75) is 24.6 Å². The summed E-state index contributed by atoms with van der Waals surface area (Å²) < 4.78 is 13.3. The van der Waals surface area contributed by atoms with Crippen LogP contribution in [0.4, 0.5) is 20.6 Å². The number of benzene rings is 2. The van der Waals surface area contributed by atoms with E-state index in [0.29, 0.717) is 37.4 Å². The zero-order valence-electron chi connectivity index (χ0n) is 15.7. The van der Waals surface area contributed by atoms with Gasteiger partial charge in [-0.05, 0) is 61.7 Å². The first-order valence-corrected chi connectivity index (χ1v) is 10.3. The quantitative estimate of drug-likeness (QED) is 0.822. The zero-order chi connectivity index (χ0) is 19.7. The topological polar surface area (TPSA) is 52.7 Å². The van der Waals surface area contributed by atoms with Crippen LogP contribution in [0, 0.1) is 12.7 Å². The summed E-state index contributed by atoms with van der Waals surface area (Å²) in [7, 11) is 0. The molecule has 146 valence electrons. The Balaban J connectivity index is 1.45. The van der Waals surface area contributed by atoms with Gasteiger partial charge in [-0.3, -0.25) is 9.69 Å². The predicted molar refractivity (Wildman–Crippen MR) is 110 cm³/mol. The van der Waals surface area contributed by atoms with E-state index in [2.05, 4.69) is 5.32 Å². The van der Waals surface area contributed by atoms with Gasteiger partial charge in [0, 0.05) is 24.5 Å². The minimum absolute atomic E-state index is 0.0364. The number of halogens is 1. The number of hydrogen-bond donors (Lipinski definition) is 1. The van der Waals surface area contributed by atoms with E-state index in [1.54, 1.807) is 33.7 Å². The molecular weight excluding hydrogens is 377 g/mol. The number of rotatable bonds is 2. The van der Waals surface area contributed by atoms with Crippen LogP contribution in [0.1, 0.15) is 18.4 Å². The average Bonchev–Trinajstić information content (AvgIpc) is 2.99. The second-order valence-electron chi connectivity index (χ2n) is 7.23. The highest BCUT2D eigenvalue weighted by molar-refractivity contribution is 8.02. The summed E-state index contributed by atoms with van der Waals surface area (Å²) in [6, 6.07) is 13.6. The Hall–Kier alpha value is -2.54. The van der Waals surface area contributed by atoms with Crippen molar-refractivity contribution < 1.29 is 14.0 Å². The molecule has 0 unspecified atom stereocenters. The molecule has 5 nitrogen and oxygen atoms in total. The number of thioether (sulfide) groups is 1. The van der Waals surface area contributed by atoms with Crippen molar-refractivity contribution in [2.75, 3.05) is 29.1 Å². The number of aryl methyl sites for hydroxylation is 1. The lowest BCUT2D eigenvalue weighted by molar-refractivity contribution is -0.116. The summed E-state index contributed by atoms with van der Waals surface area (Å²) >= 11 is 1.62. The Morgan fingerprint density at radius 1 is 1.14 bits per heavy atom. The van der Waals surface area contributed by atoms with Crippen LogP contribution in [-0.4, -0.2) is 40.6 Å². The van der Waals surface area contributed by atoms with Gasteiger partial charge < -0.3 is 10.2 Å². The van der Waals surface area contributed by atoms with Gasteiger partial charge in [0.05, 0.1) is 10.6 Å². The highest BCUT2D eigenvalue weighted by Crippen LogP contribution is 2.46. The second kappa shape index (κ2) is 7.47. The largest absolute Gasteiger partial charge is 0.324 e. The minimum atomic E-state index is -0.366. The van der Waals surface area contributed by atoms with Crippen LogP contribution in [0.25, 0.3) is 0 Å². The highest BCUT2D eigenvalue weighted by Gasteiger charge is 2.49. The fourth-order valence-corrected chi connectivity index (χ4v) is 5.20. The maximum Gasteiger partial charge on any atom is 0.321 e. The van der Waals surface area contributed by atoms with Gasteiger partial charge in [0.1, 0.15) is 5.82 Å². The first kappa shape index (κ1) is 18.8. The molecular formula is C21H22FN3O2S. The molecule has 0 bridgehead atoms. The lowest BCUT2D eigenvalue weighted by Gasteiger charge is -2.43. The van der Waals surface area contributed by atoms with E-state index in [4.69, 9.17) is 0 Å². The molecule has 2 aliphatic heterocycles. The summed E-state index contributed by atoms with van der Waals surface area (Å²) in [4.78, 5) is 28.4. The third kappa shape index (κ3) is 3.58. The number of carbonyl (C=O) groups is 2. The van der Waals surface area contributed by atoms with Crippen LogP contribution in [0.2, 0.25) is 0 Å². The van der Waals surface area contributed by atoms with Crippen molar-refractivity contribution in [3.8, 4) is 0 Å². The zero-order valence-corrected chi connectivity index (χ0v) is 16.5. The van der Waals surface area contributed by atoms with Crippen molar-refractivity contribution >= 4 is 35.1 Å². The van der Waals surface area contributed by atoms with E-state index < -0.39 is 0 Å². The molecule has 1 spiro atoms. The van der Waals surface area contributed by atoms with Crippen LogP contribution in [0.5, 0.6) is 0 Å². The van der Waals surface area contributed by atoms with Gasteiger partial charge in [0.15, 0.2) is 0 Å². The Morgan fingerprint density at radius 3 is 2.54 bits per heavy atom. The van der Waals surface area contributed by atoms with E-state index in [0.717, 1.165) is 11.3 Å². The predicted octanol–water partition coefficient (Wildman–Crippen LogP) is 4.24. The van der Waals surface area contributed by atoms with E-state index in [1.807, 2.05) is 31.2 Å². The highest BCUT2D eigenvalue weighted by atomic mass is 32.2. The molecule has 28 heavy (non-hydrogen) atoms. The molecule has 0 aromatic heterocycles. The van der Waals surface area contributed by atoms with Gasteiger partial charge in [-0.25, -0.2) is 9.18 Å². The lowest BCUT2D eigenvalue weighted by atomic mass is 10.0. The van der Waals surface area contributed by atoms with Crippen LogP contribution < -0.4 is 10.2 Å². The minimum Gasteiger partial charge on any atom is -0.324 e. The lowest BCUT2D eigenvalue weighted by Crippen LogP contribution is -2.53. The van der Waals surface area contributed by atoms with E-state index >= 15 is 0 Å². The fraction of sp³-hybridized carbons (Fsp3) is 0.333. The standard InChI is InChI=1S/C21H22FN3O2S/c1-15-3-2-4-17(13-15)23-20(27)24-11-9-21(10-12-24)25(19(26)14-28-21)18-7-5-16(22)6-8-18/h2-8,13H,9-12,14H2,1H3,(H,23,27). The molecule has 3 amide bonds. The van der Waals surface area contributed by atoms with E-state index in [1.165, 1.54) is 12.1 Å². The Kier molecular flexibility index (Phi) is 5.02. The molecule has 7 heteroatoms. The molecule has 0 saturated carbocycles. The first-order chi connectivity index (χ1) is 13.5. The van der Waals surface area contributed by atoms with Crippen LogP contribution in [-0.2, 0) is 4.79 Å². The monoisotopic (exact) mass is 399 g/mol. The fourth-order valence-electron chi connectivity index (χ4n) is 3.87. The second-order valence-corrected chi connectivity index (χ2v) is 8.56. The Labute approximate surface area is 167 Å². The molecule has 0 atom stereocenters. The van der Waals surface area contributed by atoms with E-state index in [9.17, 15) is 14.0 Å². The number of nitrogens with one attached hydrogen (secondary N) is 1. The third-order valence-corrected chi connectivity index (χ3v) is 6.83. The smallest absolute Gasteiger partial charge is 0.321 e. The van der Waals surface area contributed by atoms with Gasteiger partial charge in [-0.15, -0.1) is 11.8 Å². The SMILES string of the molecule is Cc1cccc(NC(=O)N2CCC3(CC2)SCC(=O)N3c2ccc(F)cc2)c1. The molecule has 4 rings (SSSR count). The normalized spacial score (nSPS) is 18.6. The molecule has 2 aromatic carbocycles. The van der Waals surface area contributed by atoms with Crippen molar-refractivity contribution in [3.63, 3.8) is 0 Å². The maximum absolute atomic E-state index is 13.3. The summed E-state index contributed by atoms with van der Waals surface area (Å²) in [5.74, 6) is 0.126. The van der Waals surface area contributed by atoms with Gasteiger partial charge in [0.2, 0.25) is 5.91 Å². The Morgan fingerprint density at radius 2 is 1.86 bits per heavy atom.